The first kappa shape index (κ1) is 9.26. The zero-order chi connectivity index (χ0) is 8.60. The third-order valence-electron chi connectivity index (χ3n) is 3.70. The van der Waals surface area contributed by atoms with Crippen LogP contribution in [0.25, 0.3) is 0 Å². The Balaban J connectivity index is 2.01. The Hall–Kier alpha value is 0.700. The van der Waals surface area contributed by atoms with E-state index >= 15 is 0 Å². The Morgan fingerprint density at radius 2 is 1.75 bits per heavy atom. The Morgan fingerprint density at radius 1 is 1.08 bits per heavy atom. The van der Waals surface area contributed by atoms with E-state index in [4.69, 9.17) is 0 Å². The summed E-state index contributed by atoms with van der Waals surface area (Å²) in [7, 11) is 0. The van der Waals surface area contributed by atoms with E-state index in [1.807, 2.05) is 0 Å². The minimum atomic E-state index is 0.799. The van der Waals surface area contributed by atoms with Crippen LogP contribution in [0.15, 0.2) is 0 Å². The van der Waals surface area contributed by atoms with Crippen LogP contribution in [-0.2, 0) is 0 Å². The van der Waals surface area contributed by atoms with Crippen LogP contribution < -0.4 is 0 Å². The minimum absolute atomic E-state index is 0.799. The molecule has 0 aromatic heterocycles. The van der Waals surface area contributed by atoms with E-state index in [1.165, 1.54) is 32.1 Å². The Kier molecular flexibility index (Phi) is 2.66. The van der Waals surface area contributed by atoms with Gasteiger partial charge in [0.25, 0.3) is 0 Å². The largest absolute Gasteiger partial charge is 0.161 e. The van der Waals surface area contributed by atoms with Crippen molar-refractivity contribution < 1.29 is 0 Å². The molecule has 0 aliphatic heterocycles. The van der Waals surface area contributed by atoms with Gasteiger partial charge in [-0.25, -0.2) is 0 Å². The first-order valence-electron chi connectivity index (χ1n) is 4.88. The summed E-state index contributed by atoms with van der Waals surface area (Å²) in [6.07, 6.45) is 12.1. The molecule has 0 aromatic rings. The number of rotatable bonds is 2. The summed E-state index contributed by atoms with van der Waals surface area (Å²) in [5.41, 5.74) is 0.799. The normalized spacial score (nSPS) is 38.5. The lowest BCUT2D eigenvalue weighted by atomic mass is 9.66. The summed E-state index contributed by atoms with van der Waals surface area (Å²) in [5.74, 6) is 0. The third-order valence-corrected chi connectivity index (χ3v) is 6.26. The molecule has 2 rings (SSSR count). The second kappa shape index (κ2) is 3.45. The highest BCUT2D eigenvalue weighted by Gasteiger charge is 2.53. The molecule has 70 valence electrons. The van der Waals surface area contributed by atoms with Crippen molar-refractivity contribution in [3.05, 3.63) is 0 Å². The second-order valence-corrected chi connectivity index (χ2v) is 6.26. The third kappa shape index (κ3) is 1.22. The van der Waals surface area contributed by atoms with E-state index in [0.717, 1.165) is 15.9 Å². The topological polar surface area (TPSA) is 0 Å². The van der Waals surface area contributed by atoms with E-state index in [0.29, 0.717) is 0 Å². The monoisotopic (exact) mass is 202 g/mol. The highest BCUT2D eigenvalue weighted by molar-refractivity contribution is 8.03. The molecule has 2 aliphatic carbocycles. The molecule has 0 amide bonds. The molecular formula is C10H18S2. The van der Waals surface area contributed by atoms with E-state index < -0.39 is 0 Å². The van der Waals surface area contributed by atoms with Gasteiger partial charge in [0.15, 0.2) is 0 Å². The minimum Gasteiger partial charge on any atom is -0.161 e. The molecule has 2 heteroatoms. The average Bonchev–Trinajstić information content (AvgIpc) is 2.51. The van der Waals surface area contributed by atoms with Gasteiger partial charge in [-0.15, -0.1) is 0 Å². The van der Waals surface area contributed by atoms with Crippen molar-refractivity contribution in [3.63, 3.8) is 0 Å². The predicted molar refractivity (Wildman–Crippen MR) is 60.1 cm³/mol. The predicted octanol–water partition coefficient (Wildman–Crippen LogP) is 3.41. The fourth-order valence-electron chi connectivity index (χ4n) is 3.03. The van der Waals surface area contributed by atoms with Gasteiger partial charge >= 0.3 is 0 Å². The number of thioether (sulfide) groups is 2. The lowest BCUT2D eigenvalue weighted by Crippen LogP contribution is -2.50. The van der Waals surface area contributed by atoms with Gasteiger partial charge in [-0.2, -0.15) is 23.5 Å². The number of hydrogen-bond acceptors (Lipinski definition) is 2. The SMILES string of the molecule is CSC1CC2(CCCC2)C1SC. The molecule has 0 radical (unpaired) electrons. The maximum atomic E-state index is 2.30. The Labute approximate surface area is 84.3 Å². The van der Waals surface area contributed by atoms with Crippen LogP contribution in [0.5, 0.6) is 0 Å². The van der Waals surface area contributed by atoms with E-state index in [9.17, 15) is 0 Å². The smallest absolute Gasteiger partial charge is 0.0220 e. The highest BCUT2D eigenvalue weighted by atomic mass is 32.2. The van der Waals surface area contributed by atoms with Crippen LogP contribution in [0.3, 0.4) is 0 Å². The first-order valence-corrected chi connectivity index (χ1v) is 7.45. The molecule has 0 nitrogen and oxygen atoms in total. The first-order chi connectivity index (χ1) is 5.82. The molecule has 2 unspecified atom stereocenters. The molecule has 2 fully saturated rings. The van der Waals surface area contributed by atoms with Crippen LogP contribution in [0.1, 0.15) is 32.1 Å². The maximum Gasteiger partial charge on any atom is 0.0220 e. The van der Waals surface area contributed by atoms with Gasteiger partial charge in [-0.05, 0) is 37.2 Å². The van der Waals surface area contributed by atoms with Crippen LogP contribution >= 0.6 is 23.5 Å². The molecule has 1 spiro atoms. The Morgan fingerprint density at radius 3 is 2.25 bits per heavy atom. The van der Waals surface area contributed by atoms with E-state index in [-0.39, 0.29) is 0 Å². The summed E-state index contributed by atoms with van der Waals surface area (Å²) in [6, 6.07) is 0. The van der Waals surface area contributed by atoms with Gasteiger partial charge < -0.3 is 0 Å². The maximum absolute atomic E-state index is 2.30. The quantitative estimate of drug-likeness (QED) is 0.673. The van der Waals surface area contributed by atoms with E-state index in [1.54, 1.807) is 0 Å². The molecule has 2 atom stereocenters. The number of hydrogen-bond donors (Lipinski definition) is 0. The summed E-state index contributed by atoms with van der Waals surface area (Å²) in [5, 5.41) is 1.95. The van der Waals surface area contributed by atoms with Crippen LogP contribution in [0.2, 0.25) is 0 Å². The molecule has 0 saturated heterocycles. The molecule has 0 aromatic carbocycles. The second-order valence-electron chi connectivity index (χ2n) is 4.20. The Bertz CT molecular complexity index is 161. The van der Waals surface area contributed by atoms with Crippen LogP contribution in [-0.4, -0.2) is 23.0 Å². The van der Waals surface area contributed by atoms with Crippen molar-refractivity contribution in [1.82, 2.24) is 0 Å². The summed E-state index contributed by atoms with van der Waals surface area (Å²) in [6.45, 7) is 0. The fraction of sp³-hybridized carbons (Fsp3) is 1.00. The standard InChI is InChI=1S/C10H18S2/c1-11-8-7-10(9(8)12-2)5-3-4-6-10/h8-9H,3-7H2,1-2H3. The average molecular weight is 202 g/mol. The van der Waals surface area contributed by atoms with Crippen LogP contribution in [0.4, 0.5) is 0 Å². The summed E-state index contributed by atoms with van der Waals surface area (Å²) in [4.78, 5) is 0. The zero-order valence-electron chi connectivity index (χ0n) is 8.01. The van der Waals surface area contributed by atoms with Crippen molar-refractivity contribution in [2.75, 3.05) is 12.5 Å². The van der Waals surface area contributed by atoms with Gasteiger partial charge in [-0.3, -0.25) is 0 Å². The molecule has 0 heterocycles. The molecule has 12 heavy (non-hydrogen) atoms. The van der Waals surface area contributed by atoms with Gasteiger partial charge in [0.2, 0.25) is 0 Å². The molecule has 2 aliphatic rings. The molecular weight excluding hydrogens is 184 g/mol. The summed E-state index contributed by atoms with van der Waals surface area (Å²) >= 11 is 4.20. The highest BCUT2D eigenvalue weighted by Crippen LogP contribution is 2.60. The van der Waals surface area contributed by atoms with Gasteiger partial charge in [-0.1, -0.05) is 12.8 Å². The van der Waals surface area contributed by atoms with Crippen molar-refractivity contribution in [2.24, 2.45) is 5.41 Å². The molecule has 0 bridgehead atoms. The molecule has 2 saturated carbocycles. The fourth-order valence-corrected chi connectivity index (χ4v) is 5.97. The van der Waals surface area contributed by atoms with Crippen molar-refractivity contribution in [2.45, 2.75) is 42.6 Å². The zero-order valence-corrected chi connectivity index (χ0v) is 9.64. The lowest BCUT2D eigenvalue weighted by molar-refractivity contribution is 0.167. The lowest BCUT2D eigenvalue weighted by Gasteiger charge is -2.52. The van der Waals surface area contributed by atoms with Gasteiger partial charge in [0.05, 0.1) is 0 Å². The van der Waals surface area contributed by atoms with Gasteiger partial charge in [0.1, 0.15) is 0 Å². The van der Waals surface area contributed by atoms with Gasteiger partial charge in [0, 0.05) is 10.5 Å². The summed E-state index contributed by atoms with van der Waals surface area (Å²) < 4.78 is 0. The molecule has 0 N–H and O–H groups in total. The van der Waals surface area contributed by atoms with Crippen LogP contribution in [0, 0.1) is 5.41 Å². The van der Waals surface area contributed by atoms with Crippen molar-refractivity contribution >= 4 is 23.5 Å². The van der Waals surface area contributed by atoms with E-state index in [2.05, 4.69) is 36.0 Å². The van der Waals surface area contributed by atoms with Crippen molar-refractivity contribution in [3.8, 4) is 0 Å². The van der Waals surface area contributed by atoms with Crippen molar-refractivity contribution in [1.29, 1.82) is 0 Å².